The number of carbonyl (C=O) groups is 1. The molecule has 0 aliphatic carbocycles. The van der Waals surface area contributed by atoms with E-state index >= 15 is 0 Å². The maximum Gasteiger partial charge on any atom is 0.341 e. The monoisotopic (exact) mass is 297 g/mol. The van der Waals surface area contributed by atoms with E-state index in [1.54, 1.807) is 16.7 Å². The maximum atomic E-state index is 11.2. The Morgan fingerprint density at radius 3 is 2.76 bits per heavy atom. The van der Waals surface area contributed by atoms with Crippen molar-refractivity contribution < 1.29 is 14.3 Å². The zero-order valence-corrected chi connectivity index (χ0v) is 10.2. The van der Waals surface area contributed by atoms with Crippen LogP contribution in [0.2, 0.25) is 0 Å². The summed E-state index contributed by atoms with van der Waals surface area (Å²) in [4.78, 5) is 22.0. The van der Waals surface area contributed by atoms with Crippen LogP contribution in [0.25, 0.3) is 0 Å². The van der Waals surface area contributed by atoms with Crippen molar-refractivity contribution in [3.05, 3.63) is 56.8 Å². The minimum Gasteiger partial charge on any atom is -0.477 e. The molecule has 0 aliphatic heterocycles. The third-order valence-corrected chi connectivity index (χ3v) is 2.60. The van der Waals surface area contributed by atoms with Crippen LogP contribution in [-0.2, 0) is 6.54 Å². The Morgan fingerprint density at radius 1 is 1.41 bits per heavy atom. The van der Waals surface area contributed by atoms with Crippen LogP contribution >= 0.6 is 15.9 Å². The van der Waals surface area contributed by atoms with E-state index in [4.69, 9.17) is 9.52 Å². The van der Waals surface area contributed by atoms with E-state index in [-0.39, 0.29) is 5.56 Å². The van der Waals surface area contributed by atoms with Crippen molar-refractivity contribution in [2.45, 2.75) is 6.54 Å². The Morgan fingerprint density at radius 2 is 2.18 bits per heavy atom. The molecule has 5 nitrogen and oxygen atoms in total. The van der Waals surface area contributed by atoms with Crippen LogP contribution in [0.3, 0.4) is 0 Å². The molecule has 0 spiro atoms. The lowest BCUT2D eigenvalue weighted by Gasteiger charge is -2.04. The molecule has 0 amide bonds. The fraction of sp³-hybridized carbons (Fsp3) is 0.0909. The van der Waals surface area contributed by atoms with Crippen LogP contribution in [0.1, 0.15) is 16.1 Å². The number of rotatable bonds is 3. The summed E-state index contributed by atoms with van der Waals surface area (Å²) in [6.45, 7) is 0.367. The molecule has 1 N–H and O–H groups in total. The molecule has 0 bridgehead atoms. The van der Waals surface area contributed by atoms with Crippen molar-refractivity contribution in [1.82, 2.24) is 4.57 Å². The Labute approximate surface area is 104 Å². The molecule has 0 radical (unpaired) electrons. The zero-order valence-electron chi connectivity index (χ0n) is 8.59. The molecule has 2 heterocycles. The van der Waals surface area contributed by atoms with Gasteiger partial charge in [0.15, 0.2) is 10.1 Å². The molecule has 0 saturated heterocycles. The normalized spacial score (nSPS) is 10.4. The fourth-order valence-corrected chi connectivity index (χ4v) is 1.74. The minimum atomic E-state index is -1.23. The van der Waals surface area contributed by atoms with Crippen LogP contribution in [0.5, 0.6) is 0 Å². The summed E-state index contributed by atoms with van der Waals surface area (Å²) in [5.41, 5.74) is -0.757. The van der Waals surface area contributed by atoms with E-state index in [9.17, 15) is 9.59 Å². The van der Waals surface area contributed by atoms with E-state index in [0.717, 1.165) is 0 Å². The molecule has 2 rings (SSSR count). The van der Waals surface area contributed by atoms with Crippen molar-refractivity contribution in [3.63, 3.8) is 0 Å². The minimum absolute atomic E-state index is 0.252. The van der Waals surface area contributed by atoms with Gasteiger partial charge in [-0.3, -0.25) is 4.79 Å². The highest BCUT2D eigenvalue weighted by atomic mass is 79.9. The highest BCUT2D eigenvalue weighted by Gasteiger charge is 2.09. The van der Waals surface area contributed by atoms with Crippen molar-refractivity contribution in [2.24, 2.45) is 0 Å². The third-order valence-electron chi connectivity index (χ3n) is 2.18. The second-order valence-corrected chi connectivity index (χ2v) is 4.19. The van der Waals surface area contributed by atoms with Crippen molar-refractivity contribution in [2.75, 3.05) is 0 Å². The van der Waals surface area contributed by atoms with Gasteiger partial charge in [0.05, 0.1) is 6.54 Å². The number of aromatic nitrogens is 1. The van der Waals surface area contributed by atoms with Gasteiger partial charge >= 0.3 is 5.97 Å². The topological polar surface area (TPSA) is 72.4 Å². The fourth-order valence-electron chi connectivity index (χ4n) is 1.40. The summed E-state index contributed by atoms with van der Waals surface area (Å²) in [6, 6.07) is 4.74. The molecule has 17 heavy (non-hydrogen) atoms. The van der Waals surface area contributed by atoms with Crippen LogP contribution in [0.4, 0.5) is 0 Å². The van der Waals surface area contributed by atoms with Gasteiger partial charge in [0.1, 0.15) is 11.3 Å². The lowest BCUT2D eigenvalue weighted by Crippen LogP contribution is -2.16. The molecule has 88 valence electrons. The zero-order chi connectivity index (χ0) is 12.4. The SMILES string of the molecule is O=C(O)c1cn(Cc2ccc(Br)o2)ccc1=O. The van der Waals surface area contributed by atoms with Crippen LogP contribution in [0.15, 0.2) is 44.5 Å². The third kappa shape index (κ3) is 2.65. The Balaban J connectivity index is 2.31. The first-order valence-corrected chi connectivity index (χ1v) is 5.53. The predicted molar refractivity (Wildman–Crippen MR) is 63.2 cm³/mol. The molecule has 6 heteroatoms. The summed E-state index contributed by atoms with van der Waals surface area (Å²) in [5, 5.41) is 8.82. The molecule has 0 saturated carbocycles. The van der Waals surface area contributed by atoms with Gasteiger partial charge in [-0.15, -0.1) is 0 Å². The number of halogens is 1. The summed E-state index contributed by atoms with van der Waals surface area (Å²) in [5.74, 6) is -0.568. The number of hydrogen-bond acceptors (Lipinski definition) is 3. The molecule has 0 unspecified atom stereocenters. The Bertz CT molecular complexity index is 614. The lowest BCUT2D eigenvalue weighted by molar-refractivity contribution is 0.0694. The molecule has 0 atom stereocenters. The average molecular weight is 298 g/mol. The summed E-state index contributed by atoms with van der Waals surface area (Å²) >= 11 is 3.17. The number of nitrogens with zero attached hydrogens (tertiary/aromatic N) is 1. The van der Waals surface area contributed by atoms with Crippen molar-refractivity contribution >= 4 is 21.9 Å². The second-order valence-electron chi connectivity index (χ2n) is 3.41. The van der Waals surface area contributed by atoms with Gasteiger partial charge < -0.3 is 14.1 Å². The molecule has 0 aromatic carbocycles. The first kappa shape index (κ1) is 11.7. The average Bonchev–Trinajstić information content (AvgIpc) is 2.66. The van der Waals surface area contributed by atoms with E-state index in [2.05, 4.69) is 15.9 Å². The van der Waals surface area contributed by atoms with E-state index in [0.29, 0.717) is 17.0 Å². The van der Waals surface area contributed by atoms with E-state index in [1.165, 1.54) is 18.5 Å². The number of pyridine rings is 1. The van der Waals surface area contributed by atoms with Gasteiger partial charge in [0.2, 0.25) is 0 Å². The van der Waals surface area contributed by atoms with Crippen molar-refractivity contribution in [1.29, 1.82) is 0 Å². The van der Waals surface area contributed by atoms with Crippen LogP contribution < -0.4 is 5.43 Å². The molecule has 2 aromatic heterocycles. The highest BCUT2D eigenvalue weighted by molar-refractivity contribution is 9.10. The van der Waals surface area contributed by atoms with E-state index < -0.39 is 11.4 Å². The number of carboxylic acid groups (broad SMARTS) is 1. The van der Waals surface area contributed by atoms with E-state index in [1.807, 2.05) is 0 Å². The largest absolute Gasteiger partial charge is 0.477 e. The van der Waals surface area contributed by atoms with Gasteiger partial charge in [-0.1, -0.05) is 0 Å². The number of furan rings is 1. The highest BCUT2D eigenvalue weighted by Crippen LogP contribution is 2.14. The maximum absolute atomic E-state index is 11.2. The molecular formula is C11H8BrNO4. The summed E-state index contributed by atoms with van der Waals surface area (Å²) < 4.78 is 7.47. The van der Waals surface area contributed by atoms with Crippen LogP contribution in [-0.4, -0.2) is 15.6 Å². The molecule has 0 aliphatic rings. The standard InChI is InChI=1S/C11H8BrNO4/c12-10-2-1-7(17-10)5-13-4-3-9(14)8(6-13)11(15)16/h1-4,6H,5H2,(H,15,16). The van der Waals surface area contributed by atoms with Gasteiger partial charge in [-0.25, -0.2) is 4.79 Å². The Hall–Kier alpha value is -1.82. The molecule has 2 aromatic rings. The van der Waals surface area contributed by atoms with Gasteiger partial charge in [0.25, 0.3) is 0 Å². The van der Waals surface area contributed by atoms with Crippen molar-refractivity contribution in [3.8, 4) is 0 Å². The molecular weight excluding hydrogens is 290 g/mol. The second kappa shape index (κ2) is 4.58. The number of aromatic carboxylic acids is 1. The molecule has 0 fully saturated rings. The van der Waals surface area contributed by atoms with Gasteiger partial charge in [-0.05, 0) is 28.1 Å². The first-order chi connectivity index (χ1) is 8.06. The number of hydrogen-bond donors (Lipinski definition) is 1. The summed E-state index contributed by atoms with van der Waals surface area (Å²) in [6.07, 6.45) is 2.81. The van der Waals surface area contributed by atoms with Gasteiger partial charge in [-0.2, -0.15) is 0 Å². The quantitative estimate of drug-likeness (QED) is 0.940. The number of carboxylic acids is 1. The smallest absolute Gasteiger partial charge is 0.341 e. The first-order valence-electron chi connectivity index (χ1n) is 4.74. The van der Waals surface area contributed by atoms with Gasteiger partial charge in [0, 0.05) is 18.5 Å². The lowest BCUT2D eigenvalue weighted by atomic mass is 10.2. The Kier molecular flexibility index (Phi) is 3.14. The van der Waals surface area contributed by atoms with Crippen LogP contribution in [0, 0.1) is 0 Å². The predicted octanol–water partition coefficient (Wildman–Crippen LogP) is 1.95. The summed E-state index contributed by atoms with van der Waals surface area (Å²) in [7, 11) is 0.